The first kappa shape index (κ1) is 13.2. The van der Waals surface area contributed by atoms with Crippen LogP contribution < -0.4 is 4.74 Å². The fraction of sp³-hybridized carbons (Fsp3) is 0.308. The summed E-state index contributed by atoms with van der Waals surface area (Å²) < 4.78 is 18.3. The number of carboxylic acid groups (broad SMARTS) is 1. The van der Waals surface area contributed by atoms with Crippen LogP contribution in [0, 0.1) is 20.8 Å². The number of aliphatic carboxylic acids is 1. The van der Waals surface area contributed by atoms with Gasteiger partial charge in [-0.3, -0.25) is 0 Å². The van der Waals surface area contributed by atoms with E-state index in [1.54, 1.807) is 20.1 Å². The molecule has 0 amide bonds. The Labute approximate surface area is 99.5 Å². The molecule has 1 aromatic carbocycles. The molecule has 0 spiro atoms. The van der Waals surface area contributed by atoms with Gasteiger partial charge in [-0.05, 0) is 55.2 Å². The number of carbonyl (C=O) groups is 1. The topological polar surface area (TPSA) is 46.5 Å². The average Bonchev–Trinajstić information content (AvgIpc) is 2.28. The van der Waals surface area contributed by atoms with Gasteiger partial charge in [0.15, 0.2) is 0 Å². The summed E-state index contributed by atoms with van der Waals surface area (Å²) in [5.41, 5.74) is 3.06. The smallest absolute Gasteiger partial charge is 0.364 e. The van der Waals surface area contributed by atoms with Crippen molar-refractivity contribution >= 4 is 12.0 Å². The van der Waals surface area contributed by atoms with Crippen molar-refractivity contribution in [2.45, 2.75) is 20.8 Å². The van der Waals surface area contributed by atoms with Crippen LogP contribution in [-0.2, 0) is 4.79 Å². The lowest BCUT2D eigenvalue weighted by molar-refractivity contribution is -0.134. The minimum absolute atomic E-state index is 0.586. The van der Waals surface area contributed by atoms with E-state index >= 15 is 0 Å². The van der Waals surface area contributed by atoms with Crippen LogP contribution >= 0.6 is 0 Å². The van der Waals surface area contributed by atoms with E-state index in [-0.39, 0.29) is 0 Å². The lowest BCUT2D eigenvalue weighted by atomic mass is 9.97. The molecule has 0 radical (unpaired) electrons. The number of methoxy groups -OCH3 is 1. The Morgan fingerprint density at radius 3 is 2.41 bits per heavy atom. The second kappa shape index (κ2) is 4.99. The third kappa shape index (κ3) is 2.64. The van der Waals surface area contributed by atoms with E-state index in [9.17, 15) is 9.18 Å². The van der Waals surface area contributed by atoms with Gasteiger partial charge in [-0.1, -0.05) is 0 Å². The van der Waals surface area contributed by atoms with Crippen molar-refractivity contribution in [2.24, 2.45) is 0 Å². The fourth-order valence-corrected chi connectivity index (χ4v) is 1.69. The van der Waals surface area contributed by atoms with Crippen molar-refractivity contribution in [1.82, 2.24) is 0 Å². The van der Waals surface area contributed by atoms with Crippen molar-refractivity contribution in [3.05, 3.63) is 34.1 Å². The molecule has 1 aromatic rings. The van der Waals surface area contributed by atoms with Crippen molar-refractivity contribution in [3.8, 4) is 5.75 Å². The highest BCUT2D eigenvalue weighted by Crippen LogP contribution is 2.29. The van der Waals surface area contributed by atoms with Gasteiger partial charge in [0.2, 0.25) is 5.83 Å². The molecule has 0 aromatic heterocycles. The summed E-state index contributed by atoms with van der Waals surface area (Å²) in [6.45, 7) is 5.45. The predicted molar refractivity (Wildman–Crippen MR) is 63.9 cm³/mol. The molecule has 0 bridgehead atoms. The average molecular weight is 238 g/mol. The minimum atomic E-state index is -1.56. The van der Waals surface area contributed by atoms with Crippen molar-refractivity contribution in [1.29, 1.82) is 0 Å². The maximum atomic E-state index is 13.1. The van der Waals surface area contributed by atoms with E-state index in [1.165, 1.54) is 0 Å². The molecule has 0 aliphatic heterocycles. The highest BCUT2D eigenvalue weighted by atomic mass is 19.1. The highest BCUT2D eigenvalue weighted by Gasteiger charge is 2.12. The van der Waals surface area contributed by atoms with E-state index in [1.807, 2.05) is 13.8 Å². The molecule has 0 saturated carbocycles. The van der Waals surface area contributed by atoms with Gasteiger partial charge in [0.05, 0.1) is 7.11 Å². The maximum Gasteiger partial charge on any atom is 0.364 e. The van der Waals surface area contributed by atoms with E-state index in [2.05, 4.69) is 0 Å². The Bertz CT molecular complexity index is 490. The van der Waals surface area contributed by atoms with Gasteiger partial charge in [0, 0.05) is 0 Å². The molecule has 92 valence electrons. The van der Waals surface area contributed by atoms with Crippen molar-refractivity contribution in [3.63, 3.8) is 0 Å². The van der Waals surface area contributed by atoms with Crippen LogP contribution in [0.15, 0.2) is 11.9 Å². The number of hydrogen-bond donors (Lipinski definition) is 1. The molecule has 1 rings (SSSR count). The van der Waals surface area contributed by atoms with Crippen LogP contribution in [0.1, 0.15) is 22.3 Å². The zero-order valence-electron chi connectivity index (χ0n) is 10.3. The van der Waals surface area contributed by atoms with Crippen molar-refractivity contribution < 1.29 is 19.0 Å². The molecule has 0 fully saturated rings. The van der Waals surface area contributed by atoms with Gasteiger partial charge in [0.25, 0.3) is 0 Å². The molecule has 0 atom stereocenters. The summed E-state index contributed by atoms with van der Waals surface area (Å²) in [4.78, 5) is 10.5. The van der Waals surface area contributed by atoms with Crippen molar-refractivity contribution in [2.75, 3.05) is 7.11 Å². The number of rotatable bonds is 3. The fourth-order valence-electron chi connectivity index (χ4n) is 1.69. The molecule has 0 saturated heterocycles. The lowest BCUT2D eigenvalue weighted by Crippen LogP contribution is -1.99. The number of halogens is 1. The summed E-state index contributed by atoms with van der Waals surface area (Å²) >= 11 is 0. The Balaban J connectivity index is 3.41. The quantitative estimate of drug-likeness (QED) is 0.823. The number of aryl methyl sites for hydroxylation is 1. The van der Waals surface area contributed by atoms with E-state index in [0.717, 1.165) is 22.8 Å². The zero-order valence-corrected chi connectivity index (χ0v) is 10.3. The molecule has 4 heteroatoms. The largest absolute Gasteiger partial charge is 0.496 e. The first-order valence-corrected chi connectivity index (χ1v) is 5.13. The molecule has 0 aliphatic rings. The summed E-state index contributed by atoms with van der Waals surface area (Å²) in [5.74, 6) is -2.01. The summed E-state index contributed by atoms with van der Waals surface area (Å²) in [6, 6.07) is 1.77. The van der Waals surface area contributed by atoms with Crippen LogP contribution in [-0.4, -0.2) is 18.2 Å². The van der Waals surface area contributed by atoms with Crippen LogP contribution in [0.5, 0.6) is 5.75 Å². The van der Waals surface area contributed by atoms with Gasteiger partial charge >= 0.3 is 5.97 Å². The molecule has 3 nitrogen and oxygen atoms in total. The summed E-state index contributed by atoms with van der Waals surface area (Å²) in [6.07, 6.45) is 1.04. The number of hydrogen-bond acceptors (Lipinski definition) is 2. The molecular formula is C13H15FO3. The maximum absolute atomic E-state index is 13.1. The standard InChI is InChI=1S/C13H15FO3/c1-7-5-12(17-4)9(3)8(2)10(7)6-11(14)13(15)16/h5-6H,1-4H3,(H,15,16)/b11-6+. The molecule has 0 unspecified atom stereocenters. The number of benzene rings is 1. The monoisotopic (exact) mass is 238 g/mol. The van der Waals surface area contributed by atoms with Gasteiger partial charge in [-0.15, -0.1) is 0 Å². The number of carboxylic acids is 1. The predicted octanol–water partition coefficient (Wildman–Crippen LogP) is 3.02. The second-order valence-electron chi connectivity index (χ2n) is 3.86. The van der Waals surface area contributed by atoms with E-state index in [4.69, 9.17) is 9.84 Å². The van der Waals surface area contributed by atoms with Crippen LogP contribution in [0.4, 0.5) is 4.39 Å². The zero-order chi connectivity index (χ0) is 13.2. The van der Waals surface area contributed by atoms with Gasteiger partial charge in [0.1, 0.15) is 5.75 Å². The normalized spacial score (nSPS) is 11.5. The first-order chi connectivity index (χ1) is 7.88. The van der Waals surface area contributed by atoms with Gasteiger partial charge < -0.3 is 9.84 Å². The van der Waals surface area contributed by atoms with Gasteiger partial charge in [-0.25, -0.2) is 4.79 Å². The summed E-state index contributed by atoms with van der Waals surface area (Å²) in [7, 11) is 1.56. The molecule has 1 N–H and O–H groups in total. The highest BCUT2D eigenvalue weighted by molar-refractivity contribution is 5.90. The van der Waals surface area contributed by atoms with Crippen LogP contribution in [0.25, 0.3) is 6.08 Å². The SMILES string of the molecule is COc1cc(C)c(/C=C(/F)C(=O)O)c(C)c1C. The minimum Gasteiger partial charge on any atom is -0.496 e. The van der Waals surface area contributed by atoms with Gasteiger partial charge in [-0.2, -0.15) is 4.39 Å². The molecule has 0 heterocycles. The van der Waals surface area contributed by atoms with E-state index < -0.39 is 11.8 Å². The molecule has 0 aliphatic carbocycles. The Hall–Kier alpha value is -1.84. The van der Waals surface area contributed by atoms with Crippen LogP contribution in [0.2, 0.25) is 0 Å². The Morgan fingerprint density at radius 2 is 1.94 bits per heavy atom. The molecule has 17 heavy (non-hydrogen) atoms. The van der Waals surface area contributed by atoms with Crippen LogP contribution in [0.3, 0.4) is 0 Å². The first-order valence-electron chi connectivity index (χ1n) is 5.13. The third-order valence-corrected chi connectivity index (χ3v) is 2.80. The third-order valence-electron chi connectivity index (χ3n) is 2.80. The van der Waals surface area contributed by atoms with E-state index in [0.29, 0.717) is 11.3 Å². The Kier molecular flexibility index (Phi) is 3.89. The molecular weight excluding hydrogens is 223 g/mol. The summed E-state index contributed by atoms with van der Waals surface area (Å²) in [5, 5.41) is 8.53. The number of ether oxygens (including phenoxy) is 1. The lowest BCUT2D eigenvalue weighted by Gasteiger charge is -2.13. The Morgan fingerprint density at radius 1 is 1.35 bits per heavy atom. The second-order valence-corrected chi connectivity index (χ2v) is 3.86.